The Morgan fingerprint density at radius 3 is 1.33 bits per heavy atom. The molecule has 8 rings (SSSR count). The molecule has 0 radical (unpaired) electrons. The topological polar surface area (TPSA) is 160 Å². The van der Waals surface area contributed by atoms with Crippen molar-refractivity contribution in [2.45, 2.75) is 24.0 Å². The quantitative estimate of drug-likeness (QED) is 0.0858. The van der Waals surface area contributed by atoms with Gasteiger partial charge in [-0.3, -0.25) is 0 Å². The maximum atomic E-state index is 11.8. The molecule has 0 saturated heterocycles. The van der Waals surface area contributed by atoms with Crippen molar-refractivity contribution in [1.82, 2.24) is 0 Å². The molecular weight excluding hydrogens is 648 g/mol. The molecule has 51 heavy (non-hydrogen) atoms. The zero-order chi connectivity index (χ0) is 35.4. The van der Waals surface area contributed by atoms with Crippen LogP contribution >= 0.6 is 0 Å². The molecule has 2 heterocycles. The maximum Gasteiger partial charge on any atom is 0.135 e. The van der Waals surface area contributed by atoms with E-state index in [1.165, 1.54) is 30.3 Å². The predicted molar refractivity (Wildman–Crippen MR) is 190 cm³/mol. The van der Waals surface area contributed by atoms with E-state index < -0.39 is 24.0 Å². The molecule has 0 amide bonds. The summed E-state index contributed by atoms with van der Waals surface area (Å²) < 4.78 is 13.1. The van der Waals surface area contributed by atoms with Crippen LogP contribution < -0.4 is 9.47 Å². The highest BCUT2D eigenvalue weighted by atomic mass is 16.5. The fourth-order valence-electron chi connectivity index (χ4n) is 7.18. The number of phenols is 7. The first-order valence-electron chi connectivity index (χ1n) is 16.3. The SMILES string of the molecule is Oc1ccc(/C=C/c2cc(O)c3c(c2)O[C@@H](c2ccc(O)cc2)[C@@H]3c2cc(O)c3c(c2)O[C@H](c2ccc(O)cc2)[C@H]3c2cc(O)cc(O)c2)cc1. The van der Waals surface area contributed by atoms with E-state index in [4.69, 9.17) is 9.47 Å². The summed E-state index contributed by atoms with van der Waals surface area (Å²) in [7, 11) is 0. The summed E-state index contributed by atoms with van der Waals surface area (Å²) in [6, 6.07) is 31.0. The molecule has 9 nitrogen and oxygen atoms in total. The van der Waals surface area contributed by atoms with Crippen molar-refractivity contribution in [2.24, 2.45) is 0 Å². The van der Waals surface area contributed by atoms with E-state index in [1.54, 1.807) is 78.9 Å². The number of ether oxygens (including phenoxy) is 2. The number of hydrogen-bond acceptors (Lipinski definition) is 9. The Morgan fingerprint density at radius 2 is 0.804 bits per heavy atom. The first kappa shape index (κ1) is 31.5. The molecule has 0 aromatic heterocycles. The standard InChI is InChI=1S/C42H32O9/c43-28-9-3-22(4-10-28)1-2-23-15-33(48)39-35(16-23)50-42(25-7-13-30(45)14-8-25)38(39)27-19-34(49)40-36(20-27)51-41(24-5-11-29(44)12-6-24)37(40)26-17-31(46)21-32(47)18-26/h1-21,37-38,41-49H/b2-1+/t37-,38+,41+,42-/m0/s1. The molecule has 0 fully saturated rings. The van der Waals surface area contributed by atoms with Crippen LogP contribution in [0.1, 0.15) is 68.6 Å². The van der Waals surface area contributed by atoms with E-state index in [0.29, 0.717) is 44.9 Å². The monoisotopic (exact) mass is 680 g/mol. The van der Waals surface area contributed by atoms with Crippen LogP contribution in [-0.2, 0) is 0 Å². The van der Waals surface area contributed by atoms with E-state index >= 15 is 0 Å². The van der Waals surface area contributed by atoms with Crippen molar-refractivity contribution < 1.29 is 45.2 Å². The van der Waals surface area contributed by atoms with Crippen molar-refractivity contribution >= 4 is 12.2 Å². The second-order valence-corrected chi connectivity index (χ2v) is 12.8. The van der Waals surface area contributed by atoms with Gasteiger partial charge in [0.05, 0.1) is 11.8 Å². The lowest BCUT2D eigenvalue weighted by atomic mass is 9.81. The second kappa shape index (κ2) is 12.3. The molecule has 0 bridgehead atoms. The minimum absolute atomic E-state index is 0.0138. The van der Waals surface area contributed by atoms with Crippen LogP contribution in [0, 0.1) is 0 Å². The normalized spacial score (nSPS) is 19.0. The number of phenolic OH excluding ortho intramolecular Hbond substituents is 7. The number of benzene rings is 6. The van der Waals surface area contributed by atoms with Crippen LogP contribution in [0.25, 0.3) is 12.2 Å². The molecule has 6 aromatic rings. The highest BCUT2D eigenvalue weighted by Crippen LogP contribution is 2.58. The van der Waals surface area contributed by atoms with E-state index in [9.17, 15) is 35.7 Å². The first-order chi connectivity index (χ1) is 24.6. The van der Waals surface area contributed by atoms with Gasteiger partial charge in [-0.1, -0.05) is 48.6 Å². The third-order valence-corrected chi connectivity index (χ3v) is 9.47. The van der Waals surface area contributed by atoms with E-state index in [1.807, 2.05) is 18.2 Å². The first-order valence-corrected chi connectivity index (χ1v) is 16.3. The Bertz CT molecular complexity index is 2270. The lowest BCUT2D eigenvalue weighted by Gasteiger charge is -2.22. The van der Waals surface area contributed by atoms with Crippen LogP contribution in [0.5, 0.6) is 51.7 Å². The van der Waals surface area contributed by atoms with Gasteiger partial charge in [0.25, 0.3) is 0 Å². The van der Waals surface area contributed by atoms with Crippen LogP contribution in [0.15, 0.2) is 115 Å². The van der Waals surface area contributed by atoms with Gasteiger partial charge in [0, 0.05) is 17.2 Å². The van der Waals surface area contributed by atoms with E-state index in [0.717, 1.165) is 11.1 Å². The minimum Gasteiger partial charge on any atom is -0.508 e. The van der Waals surface area contributed by atoms with Gasteiger partial charge in [-0.2, -0.15) is 0 Å². The van der Waals surface area contributed by atoms with Crippen LogP contribution in [0.4, 0.5) is 0 Å². The second-order valence-electron chi connectivity index (χ2n) is 12.8. The summed E-state index contributed by atoms with van der Waals surface area (Å²) in [5.74, 6) is -0.540. The van der Waals surface area contributed by atoms with Gasteiger partial charge in [0.15, 0.2) is 0 Å². The van der Waals surface area contributed by atoms with Crippen LogP contribution in [0.2, 0.25) is 0 Å². The Labute approximate surface area is 292 Å². The number of hydrogen-bond donors (Lipinski definition) is 7. The fraction of sp³-hybridized carbons (Fsp3) is 0.0952. The minimum atomic E-state index is -0.695. The van der Waals surface area contributed by atoms with Gasteiger partial charge >= 0.3 is 0 Å². The summed E-state index contributed by atoms with van der Waals surface area (Å²) in [5.41, 5.74) is 5.01. The molecule has 2 aliphatic heterocycles. The summed E-state index contributed by atoms with van der Waals surface area (Å²) in [5, 5.41) is 73.8. The highest BCUT2D eigenvalue weighted by Gasteiger charge is 2.43. The molecule has 4 atom stereocenters. The third-order valence-electron chi connectivity index (χ3n) is 9.47. The van der Waals surface area contributed by atoms with E-state index in [2.05, 4.69) is 0 Å². The van der Waals surface area contributed by atoms with Crippen molar-refractivity contribution in [3.63, 3.8) is 0 Å². The lowest BCUT2D eigenvalue weighted by molar-refractivity contribution is 0.218. The molecule has 0 spiro atoms. The smallest absolute Gasteiger partial charge is 0.135 e. The highest BCUT2D eigenvalue weighted by molar-refractivity contribution is 5.73. The van der Waals surface area contributed by atoms with E-state index in [-0.39, 0.29) is 40.2 Å². The van der Waals surface area contributed by atoms with Crippen LogP contribution in [-0.4, -0.2) is 35.7 Å². The summed E-state index contributed by atoms with van der Waals surface area (Å²) >= 11 is 0. The summed E-state index contributed by atoms with van der Waals surface area (Å²) in [6.07, 6.45) is 2.33. The fourth-order valence-corrected chi connectivity index (χ4v) is 7.18. The molecule has 0 aliphatic carbocycles. The summed E-state index contributed by atoms with van der Waals surface area (Å²) in [4.78, 5) is 0. The molecule has 9 heteroatoms. The number of fused-ring (bicyclic) bond motifs is 2. The number of rotatable bonds is 6. The Morgan fingerprint density at radius 1 is 0.373 bits per heavy atom. The van der Waals surface area contributed by atoms with Crippen molar-refractivity contribution in [2.75, 3.05) is 0 Å². The van der Waals surface area contributed by atoms with Gasteiger partial charge in [0.2, 0.25) is 0 Å². The molecule has 0 saturated carbocycles. The third kappa shape index (κ3) is 5.84. The van der Waals surface area contributed by atoms with Gasteiger partial charge in [-0.05, 0) is 106 Å². The van der Waals surface area contributed by atoms with Crippen molar-refractivity contribution in [3.8, 4) is 51.7 Å². The Balaban J connectivity index is 1.24. The average Bonchev–Trinajstić information content (AvgIpc) is 3.68. The van der Waals surface area contributed by atoms with Gasteiger partial charge in [0.1, 0.15) is 64.0 Å². The summed E-state index contributed by atoms with van der Waals surface area (Å²) in [6.45, 7) is 0. The molecular formula is C42H32O9. The predicted octanol–water partition coefficient (Wildman–Crippen LogP) is 8.33. The molecule has 2 aliphatic rings. The maximum absolute atomic E-state index is 11.8. The zero-order valence-corrected chi connectivity index (χ0v) is 26.9. The van der Waals surface area contributed by atoms with Crippen LogP contribution in [0.3, 0.4) is 0 Å². The lowest BCUT2D eigenvalue weighted by Crippen LogP contribution is -2.11. The zero-order valence-electron chi connectivity index (χ0n) is 26.9. The average molecular weight is 681 g/mol. The molecule has 7 N–H and O–H groups in total. The van der Waals surface area contributed by atoms with Gasteiger partial charge in [-0.15, -0.1) is 0 Å². The van der Waals surface area contributed by atoms with Gasteiger partial charge < -0.3 is 45.2 Å². The Kier molecular flexibility index (Phi) is 7.60. The Hall–Kier alpha value is -6.74. The van der Waals surface area contributed by atoms with Gasteiger partial charge in [-0.25, -0.2) is 0 Å². The largest absolute Gasteiger partial charge is 0.508 e. The van der Waals surface area contributed by atoms with Crippen molar-refractivity contribution in [3.05, 3.63) is 160 Å². The molecule has 254 valence electrons. The molecule has 6 aromatic carbocycles. The number of aromatic hydroxyl groups is 7. The molecule has 0 unspecified atom stereocenters. The van der Waals surface area contributed by atoms with Crippen molar-refractivity contribution in [1.29, 1.82) is 0 Å².